The van der Waals surface area contributed by atoms with Gasteiger partial charge in [0.05, 0.1) is 0 Å². The van der Waals surface area contributed by atoms with Crippen LogP contribution in [0.1, 0.15) is 45.1 Å². The summed E-state index contributed by atoms with van der Waals surface area (Å²) in [6.07, 6.45) is 4.96. The fourth-order valence-electron chi connectivity index (χ4n) is 1.94. The smallest absolute Gasteiger partial charge is 0.0486 e. The van der Waals surface area contributed by atoms with Crippen LogP contribution in [0.4, 0.5) is 5.69 Å². The molecule has 16 heavy (non-hydrogen) atoms. The van der Waals surface area contributed by atoms with Gasteiger partial charge in [0.25, 0.3) is 0 Å². The Morgan fingerprint density at radius 3 is 2.31 bits per heavy atom. The molecule has 0 aliphatic rings. The largest absolute Gasteiger partial charge is 0.381 e. The number of aryl methyl sites for hydroxylation is 1. The van der Waals surface area contributed by atoms with Gasteiger partial charge in [0.2, 0.25) is 0 Å². The highest BCUT2D eigenvalue weighted by atomic mass is 79.9. The molecule has 0 radical (unpaired) electrons. The first-order chi connectivity index (χ1) is 7.67. The molecule has 1 aromatic rings. The highest BCUT2D eigenvalue weighted by Crippen LogP contribution is 2.25. The van der Waals surface area contributed by atoms with E-state index in [0.29, 0.717) is 6.04 Å². The third-order valence-electron chi connectivity index (χ3n) is 2.76. The van der Waals surface area contributed by atoms with Gasteiger partial charge in [-0.1, -0.05) is 32.8 Å². The van der Waals surface area contributed by atoms with E-state index >= 15 is 0 Å². The third-order valence-corrected chi connectivity index (χ3v) is 3.41. The molecule has 0 amide bonds. The standard InChI is InChI=1S/C14H22BrN/c1-4-6-12(7-5-2)16-14-9-8-11(3)10-13(14)15/h8-10,12,16H,4-7H2,1-3H3. The van der Waals surface area contributed by atoms with Gasteiger partial charge in [-0.05, 0) is 53.4 Å². The normalized spacial score (nSPS) is 10.8. The second-order valence-corrected chi connectivity index (χ2v) is 5.26. The molecule has 90 valence electrons. The average Bonchev–Trinajstić information content (AvgIpc) is 2.23. The first kappa shape index (κ1) is 13.6. The Hall–Kier alpha value is -0.500. The van der Waals surface area contributed by atoms with Gasteiger partial charge in [-0.3, -0.25) is 0 Å². The SMILES string of the molecule is CCCC(CCC)Nc1ccc(C)cc1Br. The van der Waals surface area contributed by atoms with Crippen molar-refractivity contribution >= 4 is 21.6 Å². The Kier molecular flexibility index (Phi) is 5.89. The minimum Gasteiger partial charge on any atom is -0.381 e. The van der Waals surface area contributed by atoms with E-state index in [9.17, 15) is 0 Å². The zero-order chi connectivity index (χ0) is 12.0. The van der Waals surface area contributed by atoms with Crippen LogP contribution in [0.3, 0.4) is 0 Å². The lowest BCUT2D eigenvalue weighted by Gasteiger charge is -2.19. The maximum Gasteiger partial charge on any atom is 0.0486 e. The fraction of sp³-hybridized carbons (Fsp3) is 0.571. The lowest BCUT2D eigenvalue weighted by Crippen LogP contribution is -2.19. The van der Waals surface area contributed by atoms with Crippen molar-refractivity contribution in [2.45, 2.75) is 52.5 Å². The van der Waals surface area contributed by atoms with Crippen molar-refractivity contribution < 1.29 is 0 Å². The zero-order valence-corrected chi connectivity index (χ0v) is 12.1. The number of halogens is 1. The Labute approximate surface area is 108 Å². The van der Waals surface area contributed by atoms with Crippen LogP contribution in [0.5, 0.6) is 0 Å². The maximum absolute atomic E-state index is 3.63. The van der Waals surface area contributed by atoms with E-state index in [2.05, 4.69) is 60.2 Å². The van der Waals surface area contributed by atoms with Crippen LogP contribution < -0.4 is 5.32 Å². The molecule has 0 saturated carbocycles. The first-order valence-corrected chi connectivity index (χ1v) is 6.99. The molecule has 1 nitrogen and oxygen atoms in total. The molecule has 1 aromatic carbocycles. The van der Waals surface area contributed by atoms with Crippen LogP contribution in [0.15, 0.2) is 22.7 Å². The number of nitrogens with one attached hydrogen (secondary N) is 1. The molecule has 0 atom stereocenters. The second kappa shape index (κ2) is 6.95. The van der Waals surface area contributed by atoms with Crippen molar-refractivity contribution in [3.63, 3.8) is 0 Å². The summed E-state index contributed by atoms with van der Waals surface area (Å²) < 4.78 is 1.17. The highest BCUT2D eigenvalue weighted by molar-refractivity contribution is 9.10. The van der Waals surface area contributed by atoms with E-state index in [1.165, 1.54) is 41.4 Å². The molecule has 0 aliphatic carbocycles. The average molecular weight is 284 g/mol. The molecule has 0 bridgehead atoms. The predicted octanol–water partition coefficient (Wildman–Crippen LogP) is 5.14. The lowest BCUT2D eigenvalue weighted by atomic mass is 10.1. The molecule has 1 N–H and O–H groups in total. The predicted molar refractivity (Wildman–Crippen MR) is 76.1 cm³/mol. The van der Waals surface area contributed by atoms with Crippen LogP contribution in [0.25, 0.3) is 0 Å². The summed E-state index contributed by atoms with van der Waals surface area (Å²) in [5, 5.41) is 3.63. The molecule has 0 fully saturated rings. The van der Waals surface area contributed by atoms with E-state index in [4.69, 9.17) is 0 Å². The van der Waals surface area contributed by atoms with Crippen LogP contribution in [-0.2, 0) is 0 Å². The fourth-order valence-corrected chi connectivity index (χ4v) is 2.55. The van der Waals surface area contributed by atoms with Gasteiger partial charge in [-0.2, -0.15) is 0 Å². The Morgan fingerprint density at radius 1 is 1.19 bits per heavy atom. The highest BCUT2D eigenvalue weighted by Gasteiger charge is 2.08. The molecule has 0 saturated heterocycles. The van der Waals surface area contributed by atoms with Gasteiger partial charge in [-0.25, -0.2) is 0 Å². The molecule has 0 aliphatic heterocycles. The van der Waals surface area contributed by atoms with Crippen LogP contribution in [0, 0.1) is 6.92 Å². The van der Waals surface area contributed by atoms with Gasteiger partial charge >= 0.3 is 0 Å². The summed E-state index contributed by atoms with van der Waals surface area (Å²) in [6, 6.07) is 7.09. The zero-order valence-electron chi connectivity index (χ0n) is 10.5. The van der Waals surface area contributed by atoms with Crippen molar-refractivity contribution in [3.8, 4) is 0 Å². The van der Waals surface area contributed by atoms with Gasteiger partial charge < -0.3 is 5.32 Å². The number of anilines is 1. The molecule has 0 spiro atoms. The summed E-state index contributed by atoms with van der Waals surface area (Å²) in [7, 11) is 0. The van der Waals surface area contributed by atoms with Crippen molar-refractivity contribution in [2.24, 2.45) is 0 Å². The van der Waals surface area contributed by atoms with E-state index in [1.807, 2.05) is 0 Å². The first-order valence-electron chi connectivity index (χ1n) is 6.20. The van der Waals surface area contributed by atoms with Crippen molar-refractivity contribution in [1.82, 2.24) is 0 Å². The number of hydrogen-bond acceptors (Lipinski definition) is 1. The molecule has 1 rings (SSSR count). The van der Waals surface area contributed by atoms with E-state index < -0.39 is 0 Å². The lowest BCUT2D eigenvalue weighted by molar-refractivity contribution is 0.586. The number of benzene rings is 1. The van der Waals surface area contributed by atoms with Crippen molar-refractivity contribution in [2.75, 3.05) is 5.32 Å². The van der Waals surface area contributed by atoms with Crippen LogP contribution >= 0.6 is 15.9 Å². The summed E-state index contributed by atoms with van der Waals surface area (Å²) in [4.78, 5) is 0. The number of rotatable bonds is 6. The molecular formula is C14H22BrN. The van der Waals surface area contributed by atoms with Crippen LogP contribution in [-0.4, -0.2) is 6.04 Å². The van der Waals surface area contributed by atoms with Gasteiger partial charge in [0, 0.05) is 16.2 Å². The Morgan fingerprint density at radius 2 is 1.81 bits per heavy atom. The molecule has 0 aromatic heterocycles. The monoisotopic (exact) mass is 283 g/mol. The minimum absolute atomic E-state index is 0.606. The Balaban J connectivity index is 2.68. The minimum atomic E-state index is 0.606. The van der Waals surface area contributed by atoms with Crippen molar-refractivity contribution in [3.05, 3.63) is 28.2 Å². The topological polar surface area (TPSA) is 12.0 Å². The maximum atomic E-state index is 3.63. The van der Waals surface area contributed by atoms with E-state index in [1.54, 1.807) is 0 Å². The quantitative estimate of drug-likeness (QED) is 0.762. The molecule has 0 unspecified atom stereocenters. The summed E-state index contributed by atoms with van der Waals surface area (Å²) >= 11 is 3.62. The number of hydrogen-bond donors (Lipinski definition) is 1. The van der Waals surface area contributed by atoms with Gasteiger partial charge in [0.15, 0.2) is 0 Å². The van der Waals surface area contributed by atoms with Crippen molar-refractivity contribution in [1.29, 1.82) is 0 Å². The Bertz CT molecular complexity index is 317. The molecule has 0 heterocycles. The summed E-state index contributed by atoms with van der Waals surface area (Å²) in [6.45, 7) is 6.60. The molecular weight excluding hydrogens is 262 g/mol. The summed E-state index contributed by atoms with van der Waals surface area (Å²) in [5.74, 6) is 0. The molecule has 2 heteroatoms. The summed E-state index contributed by atoms with van der Waals surface area (Å²) in [5.41, 5.74) is 2.51. The van der Waals surface area contributed by atoms with E-state index in [-0.39, 0.29) is 0 Å². The van der Waals surface area contributed by atoms with Crippen LogP contribution in [0.2, 0.25) is 0 Å². The van der Waals surface area contributed by atoms with Gasteiger partial charge in [0.1, 0.15) is 0 Å². The second-order valence-electron chi connectivity index (χ2n) is 4.40. The van der Waals surface area contributed by atoms with Gasteiger partial charge in [-0.15, -0.1) is 0 Å². The van der Waals surface area contributed by atoms with E-state index in [0.717, 1.165) is 0 Å². The third kappa shape index (κ3) is 4.17.